The zero-order valence-corrected chi connectivity index (χ0v) is 14.3. The van der Waals surface area contributed by atoms with E-state index in [-0.39, 0.29) is 17.5 Å². The van der Waals surface area contributed by atoms with Crippen LogP contribution in [0.4, 0.5) is 0 Å². The summed E-state index contributed by atoms with van der Waals surface area (Å²) in [6.45, 7) is 0.613. The highest BCUT2D eigenvalue weighted by Crippen LogP contribution is 2.30. The number of rotatable bonds is 3. The first-order valence-corrected chi connectivity index (χ1v) is 8.89. The van der Waals surface area contributed by atoms with Crippen LogP contribution in [0.25, 0.3) is 10.8 Å². The largest absolute Gasteiger partial charge is 0.339 e. The molecular formula is C18H23N5O2. The summed E-state index contributed by atoms with van der Waals surface area (Å²) in [5.74, 6) is 0.387. The Hall–Kier alpha value is -2.25. The topological polar surface area (TPSA) is 90.1 Å². The van der Waals surface area contributed by atoms with E-state index in [9.17, 15) is 9.59 Å². The molecule has 7 nitrogen and oxygen atoms in total. The van der Waals surface area contributed by atoms with Gasteiger partial charge < -0.3 is 4.90 Å². The molecule has 0 radical (unpaired) electrons. The molecule has 2 fully saturated rings. The van der Waals surface area contributed by atoms with Crippen LogP contribution in [0.2, 0.25) is 0 Å². The third-order valence-corrected chi connectivity index (χ3v) is 5.51. The Bertz CT molecular complexity index is 849. The molecular weight excluding hydrogens is 318 g/mol. The van der Waals surface area contributed by atoms with E-state index in [4.69, 9.17) is 0 Å². The number of nitrogens with one attached hydrogen (secondary N) is 3. The predicted molar refractivity (Wildman–Crippen MR) is 95.1 cm³/mol. The molecule has 1 aromatic carbocycles. The van der Waals surface area contributed by atoms with E-state index in [0.29, 0.717) is 35.0 Å². The predicted octanol–water partition coefficient (Wildman–Crippen LogP) is 1.03. The van der Waals surface area contributed by atoms with E-state index in [0.717, 1.165) is 0 Å². The van der Waals surface area contributed by atoms with Crippen LogP contribution >= 0.6 is 0 Å². The van der Waals surface area contributed by atoms with Crippen LogP contribution in [-0.4, -0.2) is 46.7 Å². The van der Waals surface area contributed by atoms with Crippen molar-refractivity contribution in [2.24, 2.45) is 5.92 Å². The molecule has 3 N–H and O–H groups in total. The van der Waals surface area contributed by atoms with Gasteiger partial charge >= 0.3 is 0 Å². The molecule has 2 aliphatic rings. The molecule has 1 saturated heterocycles. The van der Waals surface area contributed by atoms with Gasteiger partial charge in [-0.3, -0.25) is 20.4 Å². The lowest BCUT2D eigenvalue weighted by Gasteiger charge is -2.29. The normalized spacial score (nSPS) is 25.7. The molecule has 2 heterocycles. The molecule has 4 rings (SSSR count). The highest BCUT2D eigenvalue weighted by atomic mass is 16.2. The Morgan fingerprint density at radius 1 is 1.20 bits per heavy atom. The maximum absolute atomic E-state index is 12.9. The SMILES string of the molecule is CN(CC1NNC2CCCCC21)C(=O)c1n[nH]c(=O)c2ccccc12. The van der Waals surface area contributed by atoms with Crippen molar-refractivity contribution in [3.8, 4) is 0 Å². The van der Waals surface area contributed by atoms with E-state index in [1.54, 1.807) is 30.1 Å². The number of carbonyl (C=O) groups excluding carboxylic acids is 1. The molecule has 0 bridgehead atoms. The second-order valence-electron chi connectivity index (χ2n) is 7.08. The second-order valence-corrected chi connectivity index (χ2v) is 7.08. The standard InChI is InChI=1S/C18H23N5O2/c1-23(10-15-13-8-4-5-9-14(13)19-20-15)18(25)16-11-6-2-3-7-12(11)17(24)22-21-16/h2-3,6-7,13-15,19-20H,4-5,8-10H2,1H3,(H,22,24). The zero-order chi connectivity index (χ0) is 17.4. The third-order valence-electron chi connectivity index (χ3n) is 5.51. The van der Waals surface area contributed by atoms with Gasteiger partial charge in [-0.25, -0.2) is 5.10 Å². The molecule has 132 valence electrons. The van der Waals surface area contributed by atoms with Crippen LogP contribution in [0, 0.1) is 5.92 Å². The van der Waals surface area contributed by atoms with Gasteiger partial charge in [-0.1, -0.05) is 31.0 Å². The molecule has 7 heteroatoms. The smallest absolute Gasteiger partial charge is 0.274 e. The number of likely N-dealkylation sites (N-methyl/N-ethyl adjacent to an activating group) is 1. The second kappa shape index (κ2) is 6.57. The van der Waals surface area contributed by atoms with Crippen molar-refractivity contribution in [2.75, 3.05) is 13.6 Å². The number of H-pyrrole nitrogens is 1. The van der Waals surface area contributed by atoms with E-state index < -0.39 is 0 Å². The summed E-state index contributed by atoms with van der Waals surface area (Å²) in [5, 5.41) is 7.54. The maximum Gasteiger partial charge on any atom is 0.274 e. The average Bonchev–Trinajstić information content (AvgIpc) is 3.05. The summed E-state index contributed by atoms with van der Waals surface area (Å²) in [4.78, 5) is 26.5. The Balaban J connectivity index is 1.55. The molecule has 3 atom stereocenters. The van der Waals surface area contributed by atoms with Crippen LogP contribution in [0.1, 0.15) is 36.2 Å². The van der Waals surface area contributed by atoms with Crippen molar-refractivity contribution in [3.63, 3.8) is 0 Å². The monoisotopic (exact) mass is 341 g/mol. The molecule has 1 aliphatic carbocycles. The quantitative estimate of drug-likeness (QED) is 0.776. The van der Waals surface area contributed by atoms with E-state index in [1.807, 2.05) is 6.07 Å². The molecule has 0 spiro atoms. The third kappa shape index (κ3) is 2.94. The lowest BCUT2D eigenvalue weighted by atomic mass is 9.81. The number of carbonyl (C=O) groups is 1. The van der Waals surface area contributed by atoms with Crippen molar-refractivity contribution in [1.29, 1.82) is 0 Å². The lowest BCUT2D eigenvalue weighted by Crippen LogP contribution is -2.43. The van der Waals surface area contributed by atoms with Crippen molar-refractivity contribution in [3.05, 3.63) is 40.3 Å². The highest BCUT2D eigenvalue weighted by molar-refractivity contribution is 6.04. The fourth-order valence-electron chi connectivity index (χ4n) is 4.16. The summed E-state index contributed by atoms with van der Waals surface area (Å²) in [6.07, 6.45) is 4.91. The minimum Gasteiger partial charge on any atom is -0.339 e. The van der Waals surface area contributed by atoms with Crippen molar-refractivity contribution >= 4 is 16.7 Å². The first-order chi connectivity index (χ1) is 12.1. The van der Waals surface area contributed by atoms with Gasteiger partial charge in [0.2, 0.25) is 0 Å². The molecule has 2 aromatic rings. The van der Waals surface area contributed by atoms with Gasteiger partial charge in [-0.05, 0) is 24.8 Å². The molecule has 1 aliphatic heterocycles. The fourth-order valence-corrected chi connectivity index (χ4v) is 4.16. The summed E-state index contributed by atoms with van der Waals surface area (Å²) < 4.78 is 0. The molecule has 1 aromatic heterocycles. The number of nitrogens with zero attached hydrogens (tertiary/aromatic N) is 2. The summed E-state index contributed by atoms with van der Waals surface area (Å²) >= 11 is 0. The maximum atomic E-state index is 12.9. The Morgan fingerprint density at radius 3 is 2.80 bits per heavy atom. The van der Waals surface area contributed by atoms with E-state index >= 15 is 0 Å². The van der Waals surface area contributed by atoms with E-state index in [2.05, 4.69) is 21.0 Å². The Morgan fingerprint density at radius 2 is 1.96 bits per heavy atom. The first-order valence-electron chi connectivity index (χ1n) is 8.89. The Kier molecular flexibility index (Phi) is 4.27. The first kappa shape index (κ1) is 16.2. The van der Waals surface area contributed by atoms with Crippen LogP contribution < -0.4 is 16.4 Å². The number of benzene rings is 1. The minimum absolute atomic E-state index is 0.173. The number of aromatic nitrogens is 2. The minimum atomic E-state index is -0.276. The van der Waals surface area contributed by atoms with Gasteiger partial charge in [-0.15, -0.1) is 0 Å². The Labute approximate surface area is 145 Å². The molecule has 25 heavy (non-hydrogen) atoms. The van der Waals surface area contributed by atoms with Gasteiger partial charge in [0.25, 0.3) is 11.5 Å². The van der Waals surface area contributed by atoms with Crippen LogP contribution in [0.15, 0.2) is 29.1 Å². The number of amides is 1. The summed E-state index contributed by atoms with van der Waals surface area (Å²) in [5.41, 5.74) is 6.76. The average molecular weight is 341 g/mol. The van der Waals surface area contributed by atoms with Gasteiger partial charge in [0.15, 0.2) is 5.69 Å². The van der Waals surface area contributed by atoms with Crippen LogP contribution in [-0.2, 0) is 0 Å². The zero-order valence-electron chi connectivity index (χ0n) is 14.3. The summed E-state index contributed by atoms with van der Waals surface area (Å²) in [7, 11) is 1.79. The van der Waals surface area contributed by atoms with Crippen LogP contribution in [0.3, 0.4) is 0 Å². The lowest BCUT2D eigenvalue weighted by molar-refractivity contribution is 0.0767. The van der Waals surface area contributed by atoms with Crippen molar-refractivity contribution in [1.82, 2.24) is 25.9 Å². The van der Waals surface area contributed by atoms with Gasteiger partial charge in [0.1, 0.15) is 0 Å². The highest BCUT2D eigenvalue weighted by Gasteiger charge is 2.38. The van der Waals surface area contributed by atoms with Gasteiger partial charge in [0, 0.05) is 31.1 Å². The number of aromatic amines is 1. The molecule has 3 unspecified atom stereocenters. The molecule has 1 saturated carbocycles. The summed E-state index contributed by atoms with van der Waals surface area (Å²) in [6, 6.07) is 7.83. The number of hydrazine groups is 1. The molecule has 1 amide bonds. The number of hydrogen-bond donors (Lipinski definition) is 3. The van der Waals surface area contributed by atoms with Crippen molar-refractivity contribution in [2.45, 2.75) is 37.8 Å². The number of fused-ring (bicyclic) bond motifs is 2. The van der Waals surface area contributed by atoms with Crippen LogP contribution in [0.5, 0.6) is 0 Å². The van der Waals surface area contributed by atoms with Crippen molar-refractivity contribution < 1.29 is 4.79 Å². The fraction of sp³-hybridized carbons (Fsp3) is 0.500. The van der Waals surface area contributed by atoms with Gasteiger partial charge in [-0.2, -0.15) is 5.10 Å². The van der Waals surface area contributed by atoms with E-state index in [1.165, 1.54) is 25.7 Å². The van der Waals surface area contributed by atoms with Gasteiger partial charge in [0.05, 0.1) is 5.39 Å². The number of hydrogen-bond acceptors (Lipinski definition) is 5.